The van der Waals surface area contributed by atoms with E-state index in [-0.39, 0.29) is 0 Å². The molecule has 6 heteroatoms. The number of methoxy groups -OCH3 is 2. The van der Waals surface area contributed by atoms with Gasteiger partial charge in [-0.1, -0.05) is 11.6 Å². The average Bonchev–Trinajstić information content (AvgIpc) is 2.48. The molecular weight excluding hydrogens is 278 g/mol. The normalized spacial score (nSPS) is 10.2. The fourth-order valence-electron chi connectivity index (χ4n) is 1.74. The standard InChI is InChI=1S/C14H16ClN3O2/c1-9-6-13(17-18-14(9)15)16-8-10-4-5-11(19-2)7-12(10)20-3/h4-7H,8H2,1-3H3,(H,16,17). The number of aromatic nitrogens is 2. The van der Waals surface area contributed by atoms with Crippen LogP contribution in [0.15, 0.2) is 24.3 Å². The van der Waals surface area contributed by atoms with Crippen molar-refractivity contribution >= 4 is 17.4 Å². The maximum atomic E-state index is 5.84. The first-order valence-electron chi connectivity index (χ1n) is 6.08. The summed E-state index contributed by atoms with van der Waals surface area (Å²) in [6.45, 7) is 2.46. The lowest BCUT2D eigenvalue weighted by Crippen LogP contribution is -2.04. The number of rotatable bonds is 5. The van der Waals surface area contributed by atoms with Gasteiger partial charge in [0.25, 0.3) is 0 Å². The molecule has 2 aromatic rings. The molecule has 0 amide bonds. The highest BCUT2D eigenvalue weighted by Gasteiger charge is 2.06. The lowest BCUT2D eigenvalue weighted by atomic mass is 10.2. The maximum Gasteiger partial charge on any atom is 0.154 e. The van der Waals surface area contributed by atoms with E-state index in [4.69, 9.17) is 21.1 Å². The predicted molar refractivity (Wildman–Crippen MR) is 78.7 cm³/mol. The van der Waals surface area contributed by atoms with Crippen LogP contribution >= 0.6 is 11.6 Å². The smallest absolute Gasteiger partial charge is 0.154 e. The summed E-state index contributed by atoms with van der Waals surface area (Å²) in [6.07, 6.45) is 0. The Balaban J connectivity index is 2.12. The second-order valence-corrected chi connectivity index (χ2v) is 4.59. The van der Waals surface area contributed by atoms with Crippen molar-refractivity contribution in [3.63, 3.8) is 0 Å². The van der Waals surface area contributed by atoms with Crippen LogP contribution in [-0.4, -0.2) is 24.4 Å². The molecule has 0 aliphatic carbocycles. The molecule has 1 aromatic heterocycles. The van der Waals surface area contributed by atoms with E-state index in [0.29, 0.717) is 17.5 Å². The molecule has 0 aliphatic heterocycles. The number of halogens is 1. The van der Waals surface area contributed by atoms with E-state index in [1.54, 1.807) is 14.2 Å². The summed E-state index contributed by atoms with van der Waals surface area (Å²) in [7, 11) is 3.25. The lowest BCUT2D eigenvalue weighted by molar-refractivity contribution is 0.391. The Bertz CT molecular complexity index is 605. The quantitative estimate of drug-likeness (QED) is 0.918. The first kappa shape index (κ1) is 14.4. The van der Waals surface area contributed by atoms with Crippen molar-refractivity contribution in [3.05, 3.63) is 40.5 Å². The average molecular weight is 294 g/mol. The Morgan fingerprint density at radius 2 is 1.95 bits per heavy atom. The monoisotopic (exact) mass is 293 g/mol. The van der Waals surface area contributed by atoms with Crippen LogP contribution in [0.3, 0.4) is 0 Å². The molecule has 106 valence electrons. The van der Waals surface area contributed by atoms with Gasteiger partial charge in [-0.15, -0.1) is 10.2 Å². The molecule has 1 aromatic carbocycles. The molecule has 2 rings (SSSR count). The maximum absolute atomic E-state index is 5.84. The summed E-state index contributed by atoms with van der Waals surface area (Å²) in [6, 6.07) is 7.53. The summed E-state index contributed by atoms with van der Waals surface area (Å²) in [5.41, 5.74) is 1.88. The molecule has 0 fully saturated rings. The van der Waals surface area contributed by atoms with Crippen molar-refractivity contribution < 1.29 is 9.47 Å². The molecule has 0 spiro atoms. The Morgan fingerprint density at radius 1 is 1.15 bits per heavy atom. The van der Waals surface area contributed by atoms with Crippen molar-refractivity contribution in [2.75, 3.05) is 19.5 Å². The number of aryl methyl sites for hydroxylation is 1. The van der Waals surface area contributed by atoms with Gasteiger partial charge in [0.05, 0.1) is 14.2 Å². The molecule has 0 unspecified atom stereocenters. The van der Waals surface area contributed by atoms with Gasteiger partial charge >= 0.3 is 0 Å². The van der Waals surface area contributed by atoms with Crippen LogP contribution in [0.2, 0.25) is 5.15 Å². The summed E-state index contributed by atoms with van der Waals surface area (Å²) >= 11 is 5.84. The van der Waals surface area contributed by atoms with Gasteiger partial charge in [0.2, 0.25) is 0 Å². The van der Waals surface area contributed by atoms with Crippen molar-refractivity contribution in [3.8, 4) is 11.5 Å². The zero-order valence-electron chi connectivity index (χ0n) is 11.6. The van der Waals surface area contributed by atoms with Crippen LogP contribution in [0.25, 0.3) is 0 Å². The lowest BCUT2D eigenvalue weighted by Gasteiger charge is -2.11. The summed E-state index contributed by atoms with van der Waals surface area (Å²) in [4.78, 5) is 0. The van der Waals surface area contributed by atoms with Crippen LogP contribution in [0.4, 0.5) is 5.82 Å². The SMILES string of the molecule is COc1ccc(CNc2cc(C)c(Cl)nn2)c(OC)c1. The summed E-state index contributed by atoms with van der Waals surface area (Å²) < 4.78 is 10.5. The number of benzene rings is 1. The minimum absolute atomic E-state index is 0.414. The van der Waals surface area contributed by atoms with Gasteiger partial charge in [0, 0.05) is 18.2 Å². The first-order valence-corrected chi connectivity index (χ1v) is 6.46. The van der Waals surface area contributed by atoms with Gasteiger partial charge in [-0.25, -0.2) is 0 Å². The van der Waals surface area contributed by atoms with Crippen molar-refractivity contribution in [2.24, 2.45) is 0 Å². The molecule has 0 bridgehead atoms. The number of anilines is 1. The van der Waals surface area contributed by atoms with Crippen molar-refractivity contribution in [1.82, 2.24) is 10.2 Å². The van der Waals surface area contributed by atoms with E-state index in [0.717, 1.165) is 22.6 Å². The molecule has 1 N–H and O–H groups in total. The first-order chi connectivity index (χ1) is 9.63. The summed E-state index contributed by atoms with van der Waals surface area (Å²) in [5, 5.41) is 11.4. The second kappa shape index (κ2) is 6.43. The molecular formula is C14H16ClN3O2. The van der Waals surface area contributed by atoms with Crippen LogP contribution < -0.4 is 14.8 Å². The largest absolute Gasteiger partial charge is 0.497 e. The van der Waals surface area contributed by atoms with Crippen LogP contribution in [0.5, 0.6) is 11.5 Å². The molecule has 0 radical (unpaired) electrons. The van der Waals surface area contributed by atoms with Gasteiger partial charge in [-0.05, 0) is 30.7 Å². The predicted octanol–water partition coefficient (Wildman–Crippen LogP) is 3.07. The fraction of sp³-hybridized carbons (Fsp3) is 0.286. The zero-order valence-corrected chi connectivity index (χ0v) is 12.4. The minimum Gasteiger partial charge on any atom is -0.497 e. The number of nitrogens with one attached hydrogen (secondary N) is 1. The zero-order chi connectivity index (χ0) is 14.5. The van der Waals surface area contributed by atoms with Crippen LogP contribution in [0, 0.1) is 6.92 Å². The van der Waals surface area contributed by atoms with E-state index in [9.17, 15) is 0 Å². The van der Waals surface area contributed by atoms with Gasteiger partial charge in [0.1, 0.15) is 17.3 Å². The number of nitrogens with zero attached hydrogens (tertiary/aromatic N) is 2. The van der Waals surface area contributed by atoms with Gasteiger partial charge < -0.3 is 14.8 Å². The Hall–Kier alpha value is -2.01. The van der Waals surface area contributed by atoms with E-state index in [2.05, 4.69) is 15.5 Å². The highest BCUT2D eigenvalue weighted by Crippen LogP contribution is 2.25. The molecule has 20 heavy (non-hydrogen) atoms. The topological polar surface area (TPSA) is 56.3 Å². The van der Waals surface area contributed by atoms with E-state index < -0.39 is 0 Å². The third kappa shape index (κ3) is 3.30. The van der Waals surface area contributed by atoms with Crippen LogP contribution in [-0.2, 0) is 6.54 Å². The van der Waals surface area contributed by atoms with Crippen LogP contribution in [0.1, 0.15) is 11.1 Å². The summed E-state index contributed by atoms with van der Waals surface area (Å²) in [5.74, 6) is 2.19. The Labute approximate surface area is 122 Å². The van der Waals surface area contributed by atoms with E-state index >= 15 is 0 Å². The number of hydrogen-bond acceptors (Lipinski definition) is 5. The van der Waals surface area contributed by atoms with E-state index in [1.807, 2.05) is 31.2 Å². The number of ether oxygens (including phenoxy) is 2. The third-order valence-electron chi connectivity index (χ3n) is 2.88. The third-order valence-corrected chi connectivity index (χ3v) is 3.25. The van der Waals surface area contributed by atoms with E-state index in [1.165, 1.54) is 0 Å². The Morgan fingerprint density at radius 3 is 2.60 bits per heavy atom. The molecule has 0 atom stereocenters. The second-order valence-electron chi connectivity index (χ2n) is 4.23. The molecule has 1 heterocycles. The Kier molecular flexibility index (Phi) is 4.63. The van der Waals surface area contributed by atoms with Gasteiger partial charge in [-0.2, -0.15) is 0 Å². The van der Waals surface area contributed by atoms with Gasteiger partial charge in [0.15, 0.2) is 5.15 Å². The highest BCUT2D eigenvalue weighted by molar-refractivity contribution is 6.30. The highest BCUT2D eigenvalue weighted by atomic mass is 35.5. The molecule has 0 aliphatic rings. The molecule has 0 saturated heterocycles. The van der Waals surface area contributed by atoms with Gasteiger partial charge in [-0.3, -0.25) is 0 Å². The van der Waals surface area contributed by atoms with Crippen molar-refractivity contribution in [1.29, 1.82) is 0 Å². The molecule has 5 nitrogen and oxygen atoms in total. The van der Waals surface area contributed by atoms with Crippen molar-refractivity contribution in [2.45, 2.75) is 13.5 Å². The minimum atomic E-state index is 0.414. The number of hydrogen-bond donors (Lipinski definition) is 1. The molecule has 0 saturated carbocycles. The fourth-order valence-corrected chi connectivity index (χ4v) is 1.83.